The Labute approximate surface area is 197 Å². The number of fused-ring (bicyclic) bond motifs is 1. The van der Waals surface area contributed by atoms with Gasteiger partial charge in [-0.15, -0.1) is 0 Å². The van der Waals surface area contributed by atoms with Gasteiger partial charge < -0.3 is 20.2 Å². The average Bonchev–Trinajstić information content (AvgIpc) is 3.28. The van der Waals surface area contributed by atoms with Gasteiger partial charge in [0.1, 0.15) is 29.6 Å². The maximum atomic E-state index is 11.8. The third-order valence-corrected chi connectivity index (χ3v) is 6.76. The van der Waals surface area contributed by atoms with E-state index in [9.17, 15) is 9.59 Å². The third-order valence-electron chi connectivity index (χ3n) is 4.53. The molecule has 168 valence electrons. The first-order chi connectivity index (χ1) is 16.1. The summed E-state index contributed by atoms with van der Waals surface area (Å²) in [5, 5.41) is 0.907. The topological polar surface area (TPSA) is 120 Å². The van der Waals surface area contributed by atoms with Gasteiger partial charge in [0.25, 0.3) is 5.91 Å². The van der Waals surface area contributed by atoms with E-state index in [1.807, 2.05) is 48.5 Å². The maximum Gasteiger partial charge on any atom is 0.508 e. The zero-order chi connectivity index (χ0) is 23.0. The van der Waals surface area contributed by atoms with Gasteiger partial charge in [-0.05, 0) is 40.6 Å². The first-order valence-electron chi connectivity index (χ1n) is 9.98. The first kappa shape index (κ1) is 22.7. The number of H-pyrrole nitrogens is 1. The molecule has 4 rings (SSSR count). The van der Waals surface area contributed by atoms with Crippen molar-refractivity contribution in [1.29, 1.82) is 0 Å². The highest BCUT2D eigenvalue weighted by molar-refractivity contribution is 8.76. The zero-order valence-corrected chi connectivity index (χ0v) is 19.0. The number of hydrogen-bond donors (Lipinski definition) is 2. The number of hydrogen-bond acceptors (Lipinski definition) is 8. The maximum absolute atomic E-state index is 11.8. The molecular weight excluding hydrogens is 460 g/mol. The van der Waals surface area contributed by atoms with Crippen molar-refractivity contribution in [3.8, 4) is 11.4 Å². The molecule has 0 aliphatic heterocycles. The number of carbonyl (C=O) groups is 2. The van der Waals surface area contributed by atoms with Gasteiger partial charge in [0.05, 0.1) is 11.1 Å². The highest BCUT2D eigenvalue weighted by Crippen LogP contribution is 2.28. The minimum atomic E-state index is -0.709. The van der Waals surface area contributed by atoms with Crippen LogP contribution >= 0.6 is 21.6 Å². The number of primary amides is 1. The largest absolute Gasteiger partial charge is 0.508 e. The molecule has 3 N–H and O–H groups in total. The summed E-state index contributed by atoms with van der Waals surface area (Å²) in [7, 11) is 3.08. The molecule has 10 heteroatoms. The highest BCUT2D eigenvalue weighted by Gasteiger charge is 2.12. The predicted molar refractivity (Wildman–Crippen MR) is 129 cm³/mol. The van der Waals surface area contributed by atoms with Crippen LogP contribution in [-0.4, -0.2) is 39.4 Å². The van der Waals surface area contributed by atoms with E-state index in [0.29, 0.717) is 22.7 Å². The molecule has 2 aromatic carbocycles. The van der Waals surface area contributed by atoms with Gasteiger partial charge in [0, 0.05) is 17.5 Å². The lowest BCUT2D eigenvalue weighted by molar-refractivity contribution is 0.0543. The Hall–Kier alpha value is -3.50. The fourth-order valence-electron chi connectivity index (χ4n) is 2.97. The summed E-state index contributed by atoms with van der Waals surface area (Å²) in [6.45, 7) is 0.350. The molecule has 0 atom stereocenters. The van der Waals surface area contributed by atoms with E-state index in [4.69, 9.17) is 15.2 Å². The van der Waals surface area contributed by atoms with Crippen LogP contribution in [0.4, 0.5) is 4.79 Å². The third kappa shape index (κ3) is 6.05. The van der Waals surface area contributed by atoms with Crippen LogP contribution in [0.5, 0.6) is 0 Å². The van der Waals surface area contributed by atoms with Gasteiger partial charge in [-0.1, -0.05) is 47.2 Å². The number of nitrogens with zero attached hydrogens (tertiary/aromatic N) is 2. The normalized spacial score (nSPS) is 10.8. The van der Waals surface area contributed by atoms with Crippen LogP contribution in [0.1, 0.15) is 15.9 Å². The number of rotatable bonds is 9. The molecule has 2 aromatic heterocycles. The molecule has 0 radical (unpaired) electrons. The number of aromatic amines is 1. The molecule has 0 unspecified atom stereocenters. The first-order valence-corrected chi connectivity index (χ1v) is 12.3. The minimum absolute atomic E-state index is 0.0981. The van der Waals surface area contributed by atoms with Gasteiger partial charge >= 0.3 is 6.16 Å². The molecule has 33 heavy (non-hydrogen) atoms. The number of benzene rings is 2. The minimum Gasteiger partial charge on any atom is -0.433 e. The summed E-state index contributed by atoms with van der Waals surface area (Å²) in [5.41, 5.74) is 8.70. The van der Waals surface area contributed by atoms with E-state index in [-0.39, 0.29) is 13.2 Å². The van der Waals surface area contributed by atoms with Crippen molar-refractivity contribution in [2.24, 2.45) is 5.73 Å². The van der Waals surface area contributed by atoms with Crippen molar-refractivity contribution in [1.82, 2.24) is 15.0 Å². The van der Waals surface area contributed by atoms with Crippen molar-refractivity contribution in [2.75, 3.05) is 12.4 Å². The Bertz CT molecular complexity index is 1250. The predicted octanol–water partition coefficient (Wildman–Crippen LogP) is 4.82. The average molecular weight is 481 g/mol. The van der Waals surface area contributed by atoms with E-state index in [0.717, 1.165) is 21.7 Å². The lowest BCUT2D eigenvalue weighted by atomic mass is 10.1. The number of pyridine rings is 1. The van der Waals surface area contributed by atoms with E-state index in [2.05, 4.69) is 15.0 Å². The summed E-state index contributed by atoms with van der Waals surface area (Å²) in [5.74, 6) is 0.718. The molecule has 1 amide bonds. The van der Waals surface area contributed by atoms with E-state index in [1.54, 1.807) is 29.1 Å². The van der Waals surface area contributed by atoms with E-state index in [1.165, 1.54) is 10.8 Å². The Balaban J connectivity index is 1.24. The van der Waals surface area contributed by atoms with Gasteiger partial charge in [0.15, 0.2) is 0 Å². The molecule has 0 bridgehead atoms. The number of amides is 1. The summed E-state index contributed by atoms with van der Waals surface area (Å²) in [6, 6.07) is 18.3. The SMILES string of the molecule is NC(=O)c1cccc2[nH]c(-c3ccc(COC(=O)OCCSSc4ccccn4)cc3)nc12. The quantitative estimate of drug-likeness (QED) is 0.199. The lowest BCUT2D eigenvalue weighted by Crippen LogP contribution is -2.11. The number of para-hydroxylation sites is 1. The lowest BCUT2D eigenvalue weighted by Gasteiger charge is -2.06. The Morgan fingerprint density at radius 3 is 2.61 bits per heavy atom. The fraction of sp³-hybridized carbons (Fsp3) is 0.130. The number of imidazole rings is 1. The molecule has 0 aliphatic carbocycles. The summed E-state index contributed by atoms with van der Waals surface area (Å²) < 4.78 is 10.3. The van der Waals surface area contributed by atoms with Crippen molar-refractivity contribution in [3.05, 3.63) is 78.0 Å². The molecule has 8 nitrogen and oxygen atoms in total. The van der Waals surface area contributed by atoms with Crippen LogP contribution in [0.15, 0.2) is 71.9 Å². The number of ether oxygens (including phenoxy) is 2. The molecule has 0 fully saturated rings. The van der Waals surface area contributed by atoms with Crippen LogP contribution in [0, 0.1) is 0 Å². The molecule has 0 aliphatic rings. The number of nitrogens with two attached hydrogens (primary N) is 1. The Kier molecular flexibility index (Phi) is 7.48. The smallest absolute Gasteiger partial charge is 0.433 e. The molecule has 4 aromatic rings. The van der Waals surface area contributed by atoms with Crippen molar-refractivity contribution in [3.63, 3.8) is 0 Å². The molecule has 2 heterocycles. The second-order valence-electron chi connectivity index (χ2n) is 6.81. The number of aromatic nitrogens is 3. The molecule has 0 saturated heterocycles. The van der Waals surface area contributed by atoms with Crippen LogP contribution < -0.4 is 5.73 Å². The monoisotopic (exact) mass is 480 g/mol. The molecule has 0 saturated carbocycles. The van der Waals surface area contributed by atoms with Crippen molar-refractivity contribution >= 4 is 44.7 Å². The molecular formula is C23H20N4O4S2. The zero-order valence-electron chi connectivity index (χ0n) is 17.4. The standard InChI is InChI=1S/C23H20N4O4S2/c24-21(28)17-4-3-5-18-20(17)27-22(26-18)16-9-7-15(8-10-16)14-31-23(29)30-12-13-32-33-19-6-1-2-11-25-19/h1-11H,12-14H2,(H2,24,28)(H,26,27). The van der Waals surface area contributed by atoms with Crippen LogP contribution in [-0.2, 0) is 16.1 Å². The van der Waals surface area contributed by atoms with Gasteiger partial charge in [-0.2, -0.15) is 0 Å². The van der Waals surface area contributed by atoms with E-state index >= 15 is 0 Å². The van der Waals surface area contributed by atoms with Gasteiger partial charge in [-0.3, -0.25) is 4.79 Å². The number of nitrogens with one attached hydrogen (secondary N) is 1. The number of carbonyl (C=O) groups excluding carboxylic acids is 2. The molecule has 0 spiro atoms. The second-order valence-corrected chi connectivity index (χ2v) is 9.24. The van der Waals surface area contributed by atoms with Crippen LogP contribution in [0.25, 0.3) is 22.4 Å². The fourth-order valence-corrected chi connectivity index (χ4v) is 4.67. The summed E-state index contributed by atoms with van der Waals surface area (Å²) >= 11 is 0. The van der Waals surface area contributed by atoms with Gasteiger partial charge in [-0.25, -0.2) is 14.8 Å². The highest BCUT2D eigenvalue weighted by atomic mass is 33.1. The Morgan fingerprint density at radius 2 is 1.85 bits per heavy atom. The second kappa shape index (κ2) is 10.9. The van der Waals surface area contributed by atoms with Crippen molar-refractivity contribution < 1.29 is 19.1 Å². The summed E-state index contributed by atoms with van der Waals surface area (Å²) in [6.07, 6.45) is 1.03. The van der Waals surface area contributed by atoms with Gasteiger partial charge in [0.2, 0.25) is 0 Å². The van der Waals surface area contributed by atoms with Crippen LogP contribution in [0.2, 0.25) is 0 Å². The van der Waals surface area contributed by atoms with E-state index < -0.39 is 12.1 Å². The van der Waals surface area contributed by atoms with Crippen LogP contribution in [0.3, 0.4) is 0 Å². The summed E-state index contributed by atoms with van der Waals surface area (Å²) in [4.78, 5) is 35.3. The van der Waals surface area contributed by atoms with Crippen molar-refractivity contribution in [2.45, 2.75) is 11.6 Å². The Morgan fingerprint density at radius 1 is 1.00 bits per heavy atom.